The van der Waals surface area contributed by atoms with Gasteiger partial charge in [-0.1, -0.05) is 15.9 Å². The first kappa shape index (κ1) is 16.3. The molecule has 1 aromatic heterocycles. The maximum atomic E-state index is 12.0. The molecule has 2 fully saturated rings. The molecule has 0 bridgehead atoms. The van der Waals surface area contributed by atoms with Gasteiger partial charge in [0.2, 0.25) is 5.91 Å². The summed E-state index contributed by atoms with van der Waals surface area (Å²) >= 11 is 3.45. The molecule has 1 amide bonds. The minimum Gasteiger partial charge on any atom is -0.355 e. The van der Waals surface area contributed by atoms with Crippen LogP contribution in [0.1, 0.15) is 31.2 Å². The number of nitriles is 1. The Hall–Kier alpha value is -2.13. The van der Waals surface area contributed by atoms with Crippen LogP contribution in [0, 0.1) is 17.2 Å². The number of fused-ring (bicyclic) bond motifs is 1. The number of nitrogens with one attached hydrogen (secondary N) is 1. The van der Waals surface area contributed by atoms with Gasteiger partial charge in [0.1, 0.15) is 5.82 Å². The Kier molecular flexibility index (Phi) is 4.34. The van der Waals surface area contributed by atoms with Gasteiger partial charge in [0, 0.05) is 34.9 Å². The minimum atomic E-state index is 0.162. The molecule has 6 heteroatoms. The normalized spacial score (nSPS) is 20.3. The molecule has 4 rings (SSSR count). The number of carbonyl (C=O) groups is 1. The van der Waals surface area contributed by atoms with Crippen molar-refractivity contribution in [2.45, 2.75) is 31.7 Å². The fourth-order valence-electron chi connectivity index (χ4n) is 3.41. The van der Waals surface area contributed by atoms with Crippen molar-refractivity contribution in [1.29, 1.82) is 5.26 Å². The number of pyridine rings is 1. The van der Waals surface area contributed by atoms with Crippen molar-refractivity contribution in [2.75, 3.05) is 18.0 Å². The molecule has 1 aliphatic carbocycles. The van der Waals surface area contributed by atoms with Crippen molar-refractivity contribution in [3.63, 3.8) is 0 Å². The standard InChI is InChI=1S/C19H19BrN4O/c20-14-5-6-17-16(9-14)13(10-21)8-18(23-17)24-7-1-2-15(11-24)22-19(25)12-3-4-12/h5-6,8-9,12,15H,1-4,7,11H2,(H,22,25)/t15-/m0/s1. The van der Waals surface area contributed by atoms with Crippen molar-refractivity contribution < 1.29 is 4.79 Å². The number of benzene rings is 1. The number of anilines is 1. The second-order valence-corrected chi connectivity index (χ2v) is 7.78. The van der Waals surface area contributed by atoms with Gasteiger partial charge in [-0.05, 0) is 49.9 Å². The first-order chi connectivity index (χ1) is 12.1. The molecule has 0 spiro atoms. The molecule has 2 aromatic rings. The second kappa shape index (κ2) is 6.64. The predicted molar refractivity (Wildman–Crippen MR) is 100 cm³/mol. The van der Waals surface area contributed by atoms with Gasteiger partial charge in [0.25, 0.3) is 0 Å². The van der Waals surface area contributed by atoms with Crippen LogP contribution in [-0.2, 0) is 4.79 Å². The zero-order valence-electron chi connectivity index (χ0n) is 13.8. The zero-order chi connectivity index (χ0) is 17.4. The number of piperidine rings is 1. The quantitative estimate of drug-likeness (QED) is 0.860. The van der Waals surface area contributed by atoms with Crippen LogP contribution in [0.25, 0.3) is 10.9 Å². The van der Waals surface area contributed by atoms with Crippen LogP contribution < -0.4 is 10.2 Å². The van der Waals surface area contributed by atoms with Crippen LogP contribution in [0.3, 0.4) is 0 Å². The largest absolute Gasteiger partial charge is 0.355 e. The summed E-state index contributed by atoms with van der Waals surface area (Å²) in [5.74, 6) is 1.25. The van der Waals surface area contributed by atoms with Crippen LogP contribution in [0.5, 0.6) is 0 Å². The molecule has 1 N–H and O–H groups in total. The van der Waals surface area contributed by atoms with E-state index in [0.717, 1.165) is 60.0 Å². The molecule has 1 aliphatic heterocycles. The van der Waals surface area contributed by atoms with Gasteiger partial charge in [-0.15, -0.1) is 0 Å². The average Bonchev–Trinajstić information content (AvgIpc) is 3.46. The van der Waals surface area contributed by atoms with E-state index in [0.29, 0.717) is 5.56 Å². The summed E-state index contributed by atoms with van der Waals surface area (Å²) in [6.07, 6.45) is 4.06. The lowest BCUT2D eigenvalue weighted by Gasteiger charge is -2.34. The van der Waals surface area contributed by atoms with Gasteiger partial charge in [-0.25, -0.2) is 4.98 Å². The third-order valence-corrected chi connectivity index (χ3v) is 5.41. The number of amides is 1. The van der Waals surface area contributed by atoms with Crippen LogP contribution in [-0.4, -0.2) is 30.0 Å². The average molecular weight is 399 g/mol. The topological polar surface area (TPSA) is 69.0 Å². The molecule has 1 aromatic carbocycles. The van der Waals surface area contributed by atoms with Crippen molar-refractivity contribution in [3.05, 3.63) is 34.3 Å². The van der Waals surface area contributed by atoms with E-state index in [1.165, 1.54) is 0 Å². The van der Waals surface area contributed by atoms with Gasteiger partial charge >= 0.3 is 0 Å². The third-order valence-electron chi connectivity index (χ3n) is 4.92. The molecule has 0 unspecified atom stereocenters. The first-order valence-electron chi connectivity index (χ1n) is 8.70. The number of hydrogen-bond donors (Lipinski definition) is 1. The number of carbonyl (C=O) groups excluding carboxylic acids is 1. The molecule has 25 heavy (non-hydrogen) atoms. The Morgan fingerprint density at radius 2 is 2.16 bits per heavy atom. The van der Waals surface area contributed by atoms with Crippen molar-refractivity contribution >= 4 is 38.6 Å². The second-order valence-electron chi connectivity index (χ2n) is 6.87. The zero-order valence-corrected chi connectivity index (χ0v) is 15.4. The van der Waals surface area contributed by atoms with Gasteiger partial charge in [0.15, 0.2) is 0 Å². The Bertz CT molecular complexity index is 872. The summed E-state index contributed by atoms with van der Waals surface area (Å²) < 4.78 is 0.937. The highest BCUT2D eigenvalue weighted by atomic mass is 79.9. The summed E-state index contributed by atoms with van der Waals surface area (Å²) in [4.78, 5) is 19.0. The summed E-state index contributed by atoms with van der Waals surface area (Å²) in [6, 6.07) is 10.1. The van der Waals surface area contributed by atoms with E-state index in [2.05, 4.69) is 32.2 Å². The first-order valence-corrected chi connectivity index (χ1v) is 9.49. The molecular weight excluding hydrogens is 380 g/mol. The summed E-state index contributed by atoms with van der Waals surface area (Å²) in [5, 5.41) is 13.6. The Morgan fingerprint density at radius 1 is 1.32 bits per heavy atom. The van der Waals surface area contributed by atoms with E-state index in [-0.39, 0.29) is 17.9 Å². The summed E-state index contributed by atoms with van der Waals surface area (Å²) in [7, 11) is 0. The molecule has 1 atom stereocenters. The number of aromatic nitrogens is 1. The van der Waals surface area contributed by atoms with Gasteiger partial charge in [-0.3, -0.25) is 4.79 Å². The molecule has 1 saturated carbocycles. The number of rotatable bonds is 3. The maximum absolute atomic E-state index is 12.0. The number of hydrogen-bond acceptors (Lipinski definition) is 4. The predicted octanol–water partition coefficient (Wildman–Crippen LogP) is 3.36. The van der Waals surface area contributed by atoms with Crippen molar-refractivity contribution in [3.8, 4) is 6.07 Å². The van der Waals surface area contributed by atoms with Crippen LogP contribution in [0.2, 0.25) is 0 Å². The highest BCUT2D eigenvalue weighted by molar-refractivity contribution is 9.10. The smallest absolute Gasteiger partial charge is 0.223 e. The molecule has 0 radical (unpaired) electrons. The molecule has 128 valence electrons. The van der Waals surface area contributed by atoms with Crippen molar-refractivity contribution in [2.24, 2.45) is 5.92 Å². The molecular formula is C19H19BrN4O. The molecule has 1 saturated heterocycles. The van der Waals surface area contributed by atoms with Gasteiger partial charge < -0.3 is 10.2 Å². The third kappa shape index (κ3) is 3.47. The lowest BCUT2D eigenvalue weighted by molar-refractivity contribution is -0.123. The van der Waals surface area contributed by atoms with E-state index in [1.54, 1.807) is 0 Å². The lowest BCUT2D eigenvalue weighted by Crippen LogP contribution is -2.48. The Morgan fingerprint density at radius 3 is 2.92 bits per heavy atom. The lowest BCUT2D eigenvalue weighted by atomic mass is 10.0. The van der Waals surface area contributed by atoms with E-state index in [9.17, 15) is 10.1 Å². The van der Waals surface area contributed by atoms with Crippen LogP contribution in [0.4, 0.5) is 5.82 Å². The monoisotopic (exact) mass is 398 g/mol. The summed E-state index contributed by atoms with van der Waals surface area (Å²) in [6.45, 7) is 1.65. The number of nitrogens with zero attached hydrogens (tertiary/aromatic N) is 3. The van der Waals surface area contributed by atoms with Crippen molar-refractivity contribution in [1.82, 2.24) is 10.3 Å². The highest BCUT2D eigenvalue weighted by Gasteiger charge is 2.32. The molecule has 2 heterocycles. The maximum Gasteiger partial charge on any atom is 0.223 e. The van der Waals surface area contributed by atoms with E-state index < -0.39 is 0 Å². The van der Waals surface area contributed by atoms with Gasteiger partial charge in [-0.2, -0.15) is 5.26 Å². The Labute approximate surface area is 155 Å². The number of halogens is 1. The van der Waals surface area contributed by atoms with Gasteiger partial charge in [0.05, 0.1) is 17.1 Å². The van der Waals surface area contributed by atoms with Crippen LogP contribution >= 0.6 is 15.9 Å². The SMILES string of the molecule is N#Cc1cc(N2CCC[C@H](NC(=O)C3CC3)C2)nc2ccc(Br)cc12. The van der Waals surface area contributed by atoms with E-state index in [4.69, 9.17) is 4.98 Å². The Balaban J connectivity index is 1.59. The minimum absolute atomic E-state index is 0.162. The fourth-order valence-corrected chi connectivity index (χ4v) is 3.77. The summed E-state index contributed by atoms with van der Waals surface area (Å²) in [5.41, 5.74) is 1.45. The van der Waals surface area contributed by atoms with Crippen LogP contribution in [0.15, 0.2) is 28.7 Å². The highest BCUT2D eigenvalue weighted by Crippen LogP contribution is 2.30. The fraction of sp³-hybridized carbons (Fsp3) is 0.421. The molecule has 2 aliphatic rings. The van der Waals surface area contributed by atoms with E-state index in [1.807, 2.05) is 24.3 Å². The van der Waals surface area contributed by atoms with E-state index >= 15 is 0 Å². The molecule has 5 nitrogen and oxygen atoms in total.